The fraction of sp³-hybridized carbons (Fsp3) is 0.500. The van der Waals surface area contributed by atoms with Crippen molar-refractivity contribution >= 4 is 29.4 Å². The highest BCUT2D eigenvalue weighted by atomic mass is 32.2. The Kier molecular flexibility index (Phi) is 5.60. The van der Waals surface area contributed by atoms with Gasteiger partial charge in [-0.1, -0.05) is 12.1 Å². The highest BCUT2D eigenvalue weighted by Gasteiger charge is 2.23. The van der Waals surface area contributed by atoms with Gasteiger partial charge in [-0.15, -0.1) is 11.8 Å². The van der Waals surface area contributed by atoms with E-state index in [2.05, 4.69) is 35.8 Å². The highest BCUT2D eigenvalue weighted by molar-refractivity contribution is 7.99. The first-order chi connectivity index (χ1) is 9.20. The topological polar surface area (TPSA) is 32.3 Å². The first-order valence-electron chi connectivity index (χ1n) is 6.39. The van der Waals surface area contributed by atoms with Crippen molar-refractivity contribution in [3.8, 4) is 0 Å². The van der Waals surface area contributed by atoms with E-state index in [-0.39, 0.29) is 11.9 Å². The van der Waals surface area contributed by atoms with Gasteiger partial charge in [0.2, 0.25) is 5.91 Å². The van der Waals surface area contributed by atoms with E-state index in [1.807, 2.05) is 23.7 Å². The van der Waals surface area contributed by atoms with Crippen LogP contribution in [0.25, 0.3) is 0 Å². The van der Waals surface area contributed by atoms with E-state index in [1.165, 1.54) is 10.5 Å². The molecule has 3 nitrogen and oxygen atoms in total. The average molecular weight is 296 g/mol. The van der Waals surface area contributed by atoms with Gasteiger partial charge in [-0.05, 0) is 24.0 Å². The molecule has 1 heterocycles. The normalized spacial score (nSPS) is 19.2. The van der Waals surface area contributed by atoms with Crippen molar-refractivity contribution in [2.45, 2.75) is 17.5 Å². The summed E-state index contributed by atoms with van der Waals surface area (Å²) in [5.41, 5.74) is 1.18. The van der Waals surface area contributed by atoms with E-state index >= 15 is 0 Å². The molecular formula is C14H20N2OS2. The zero-order valence-electron chi connectivity index (χ0n) is 11.4. The Hall–Kier alpha value is -0.650. The van der Waals surface area contributed by atoms with Gasteiger partial charge in [0.25, 0.3) is 0 Å². The molecule has 19 heavy (non-hydrogen) atoms. The van der Waals surface area contributed by atoms with Crippen molar-refractivity contribution in [3.63, 3.8) is 0 Å². The van der Waals surface area contributed by atoms with Gasteiger partial charge >= 0.3 is 0 Å². The van der Waals surface area contributed by atoms with Crippen LogP contribution in [-0.2, 0) is 11.3 Å². The van der Waals surface area contributed by atoms with Crippen LogP contribution in [0.4, 0.5) is 0 Å². The molecule has 0 saturated carbocycles. The summed E-state index contributed by atoms with van der Waals surface area (Å²) >= 11 is 3.58. The van der Waals surface area contributed by atoms with Gasteiger partial charge in [0.1, 0.15) is 0 Å². The van der Waals surface area contributed by atoms with Gasteiger partial charge in [0.15, 0.2) is 0 Å². The van der Waals surface area contributed by atoms with Crippen molar-refractivity contribution in [1.82, 2.24) is 10.2 Å². The summed E-state index contributed by atoms with van der Waals surface area (Å²) in [7, 11) is 1.88. The molecule has 1 atom stereocenters. The Morgan fingerprint density at radius 3 is 2.79 bits per heavy atom. The Labute approximate surface area is 123 Å². The van der Waals surface area contributed by atoms with E-state index in [0.29, 0.717) is 6.54 Å². The monoisotopic (exact) mass is 296 g/mol. The van der Waals surface area contributed by atoms with Gasteiger partial charge in [0.05, 0.1) is 6.04 Å². The van der Waals surface area contributed by atoms with Crippen molar-refractivity contribution in [3.05, 3.63) is 29.8 Å². The molecule has 0 bridgehead atoms. The lowest BCUT2D eigenvalue weighted by Gasteiger charge is -2.27. The average Bonchev–Trinajstić information content (AvgIpc) is 2.48. The maximum Gasteiger partial charge on any atom is 0.240 e. The van der Waals surface area contributed by atoms with Gasteiger partial charge in [-0.3, -0.25) is 4.79 Å². The molecule has 0 spiro atoms. The number of benzene rings is 1. The molecule has 5 heteroatoms. The SMILES string of the molecule is CSc1ccc(CN(C)C(=O)C2CSCCN2)cc1. The molecule has 104 valence electrons. The number of nitrogens with zero attached hydrogens (tertiary/aromatic N) is 1. The Bertz CT molecular complexity index is 416. The van der Waals surface area contributed by atoms with Crippen molar-refractivity contribution in [1.29, 1.82) is 0 Å². The molecular weight excluding hydrogens is 276 g/mol. The summed E-state index contributed by atoms with van der Waals surface area (Å²) in [6.45, 7) is 1.60. The fourth-order valence-electron chi connectivity index (χ4n) is 2.07. The molecule has 1 aromatic rings. The third kappa shape index (κ3) is 4.16. The zero-order chi connectivity index (χ0) is 13.7. The lowest BCUT2D eigenvalue weighted by atomic mass is 10.2. The maximum absolute atomic E-state index is 12.3. The lowest BCUT2D eigenvalue weighted by molar-refractivity contribution is -0.132. The standard InChI is InChI=1S/C14H20N2OS2/c1-16(14(17)13-10-19-8-7-15-13)9-11-3-5-12(18-2)6-4-11/h3-6,13,15H,7-10H2,1-2H3. The van der Waals surface area contributed by atoms with Crippen LogP contribution >= 0.6 is 23.5 Å². The maximum atomic E-state index is 12.3. The van der Waals surface area contributed by atoms with E-state index < -0.39 is 0 Å². The largest absolute Gasteiger partial charge is 0.340 e. The van der Waals surface area contributed by atoms with E-state index in [1.54, 1.807) is 11.8 Å². The number of carbonyl (C=O) groups is 1. The van der Waals surface area contributed by atoms with E-state index in [9.17, 15) is 4.79 Å². The molecule has 0 aromatic heterocycles. The summed E-state index contributed by atoms with van der Waals surface area (Å²) in [6, 6.07) is 8.38. The molecule has 1 saturated heterocycles. The lowest BCUT2D eigenvalue weighted by Crippen LogP contribution is -2.49. The van der Waals surface area contributed by atoms with Crippen LogP contribution in [0.5, 0.6) is 0 Å². The van der Waals surface area contributed by atoms with E-state index in [4.69, 9.17) is 0 Å². The first-order valence-corrected chi connectivity index (χ1v) is 8.77. The number of amides is 1. The second-order valence-corrected chi connectivity index (χ2v) is 6.65. The third-order valence-electron chi connectivity index (χ3n) is 3.17. The highest BCUT2D eigenvalue weighted by Crippen LogP contribution is 2.16. The number of hydrogen-bond donors (Lipinski definition) is 1. The minimum absolute atomic E-state index is 0.0192. The number of hydrogen-bond acceptors (Lipinski definition) is 4. The van der Waals surface area contributed by atoms with Crippen molar-refractivity contribution < 1.29 is 4.79 Å². The van der Waals surface area contributed by atoms with Gasteiger partial charge < -0.3 is 10.2 Å². The second-order valence-electron chi connectivity index (χ2n) is 4.62. The molecule has 2 rings (SSSR count). The predicted octanol–water partition coefficient (Wildman–Crippen LogP) is 2.07. The van der Waals surface area contributed by atoms with Crippen molar-refractivity contribution in [2.24, 2.45) is 0 Å². The van der Waals surface area contributed by atoms with Crippen LogP contribution < -0.4 is 5.32 Å². The summed E-state index contributed by atoms with van der Waals surface area (Å²) in [5, 5.41) is 3.29. The quantitative estimate of drug-likeness (QED) is 0.862. The summed E-state index contributed by atoms with van der Waals surface area (Å²) in [5.74, 6) is 2.18. The molecule has 1 amide bonds. The van der Waals surface area contributed by atoms with Crippen molar-refractivity contribution in [2.75, 3.05) is 31.4 Å². The number of rotatable bonds is 4. The van der Waals surface area contributed by atoms with Crippen LogP contribution in [0.1, 0.15) is 5.56 Å². The molecule has 1 aliphatic heterocycles. The molecule has 1 aromatic carbocycles. The van der Waals surface area contributed by atoms with Crippen LogP contribution in [0.15, 0.2) is 29.2 Å². The molecule has 1 unspecified atom stereocenters. The van der Waals surface area contributed by atoms with Crippen LogP contribution in [-0.4, -0.2) is 48.2 Å². The number of thioether (sulfide) groups is 2. The Morgan fingerprint density at radius 2 is 2.21 bits per heavy atom. The number of likely N-dealkylation sites (N-methyl/N-ethyl adjacent to an activating group) is 1. The molecule has 0 radical (unpaired) electrons. The fourth-order valence-corrected chi connectivity index (χ4v) is 3.41. The zero-order valence-corrected chi connectivity index (χ0v) is 13.0. The van der Waals surface area contributed by atoms with Crippen LogP contribution in [0.2, 0.25) is 0 Å². The second kappa shape index (κ2) is 7.22. The number of carbonyl (C=O) groups excluding carboxylic acids is 1. The molecule has 1 fully saturated rings. The minimum atomic E-state index is -0.0192. The third-order valence-corrected chi connectivity index (χ3v) is 4.98. The molecule has 1 aliphatic rings. The van der Waals surface area contributed by atoms with E-state index in [0.717, 1.165) is 18.1 Å². The molecule has 1 N–H and O–H groups in total. The van der Waals surface area contributed by atoms with Gasteiger partial charge in [-0.25, -0.2) is 0 Å². The Morgan fingerprint density at radius 1 is 1.47 bits per heavy atom. The van der Waals surface area contributed by atoms with Crippen LogP contribution in [0.3, 0.4) is 0 Å². The summed E-state index contributed by atoms with van der Waals surface area (Å²) < 4.78 is 0. The number of nitrogens with one attached hydrogen (secondary N) is 1. The van der Waals surface area contributed by atoms with Gasteiger partial charge in [0, 0.05) is 36.5 Å². The van der Waals surface area contributed by atoms with Gasteiger partial charge in [-0.2, -0.15) is 11.8 Å². The summed E-state index contributed by atoms with van der Waals surface area (Å²) in [4.78, 5) is 15.3. The first kappa shape index (κ1) is 14.8. The predicted molar refractivity (Wildman–Crippen MR) is 83.8 cm³/mol. The molecule has 0 aliphatic carbocycles. The Balaban J connectivity index is 1.91. The smallest absolute Gasteiger partial charge is 0.240 e. The summed E-state index contributed by atoms with van der Waals surface area (Å²) in [6.07, 6.45) is 2.07. The van der Waals surface area contributed by atoms with Crippen LogP contribution in [0, 0.1) is 0 Å². The minimum Gasteiger partial charge on any atom is -0.340 e.